The molecule has 2 aromatic carbocycles. The van der Waals surface area contributed by atoms with Crippen LogP contribution in [0.3, 0.4) is 0 Å². The number of piperazine rings is 1. The summed E-state index contributed by atoms with van der Waals surface area (Å²) >= 11 is 5.84. The molecule has 1 heterocycles. The van der Waals surface area contributed by atoms with Crippen LogP contribution in [0, 0.1) is 0 Å². The van der Waals surface area contributed by atoms with Crippen LogP contribution in [0.1, 0.15) is 11.1 Å². The third-order valence-electron chi connectivity index (χ3n) is 5.24. The van der Waals surface area contributed by atoms with E-state index in [1.807, 2.05) is 18.2 Å². The predicted molar refractivity (Wildman–Crippen MR) is 120 cm³/mol. The standard InChI is InChI=1S/C22H28ClN3O3S/c23-21-8-6-20(7-9-21)18-22(27)24-11-17-30(28,29)26-15-13-25(14-16-26)12-10-19-4-2-1-3-5-19/h1-9H,10-18H2,(H,24,27). The molecular formula is C22H28ClN3O3S. The summed E-state index contributed by atoms with van der Waals surface area (Å²) in [6, 6.07) is 17.3. The van der Waals surface area contributed by atoms with Crippen molar-refractivity contribution >= 4 is 27.5 Å². The summed E-state index contributed by atoms with van der Waals surface area (Å²) in [5.41, 5.74) is 2.13. The van der Waals surface area contributed by atoms with E-state index < -0.39 is 10.0 Å². The van der Waals surface area contributed by atoms with Crippen molar-refractivity contribution in [2.24, 2.45) is 0 Å². The van der Waals surface area contributed by atoms with E-state index in [1.165, 1.54) is 9.87 Å². The van der Waals surface area contributed by atoms with Gasteiger partial charge in [-0.25, -0.2) is 8.42 Å². The number of carbonyl (C=O) groups excluding carboxylic acids is 1. The molecule has 1 N–H and O–H groups in total. The van der Waals surface area contributed by atoms with Crippen LogP contribution in [-0.4, -0.2) is 68.6 Å². The van der Waals surface area contributed by atoms with Crippen LogP contribution in [-0.2, 0) is 27.7 Å². The lowest BCUT2D eigenvalue weighted by Gasteiger charge is -2.34. The molecule has 1 fully saturated rings. The summed E-state index contributed by atoms with van der Waals surface area (Å²) in [6.45, 7) is 3.50. The van der Waals surface area contributed by atoms with Gasteiger partial charge in [-0.3, -0.25) is 4.79 Å². The molecule has 6 nitrogen and oxygen atoms in total. The highest BCUT2D eigenvalue weighted by atomic mass is 35.5. The van der Waals surface area contributed by atoms with Crippen molar-refractivity contribution in [3.8, 4) is 0 Å². The molecule has 1 amide bonds. The minimum Gasteiger partial charge on any atom is -0.355 e. The van der Waals surface area contributed by atoms with Gasteiger partial charge < -0.3 is 10.2 Å². The Bertz CT molecular complexity index is 912. The summed E-state index contributed by atoms with van der Waals surface area (Å²) in [4.78, 5) is 14.3. The number of rotatable bonds is 9. The fraction of sp³-hybridized carbons (Fsp3) is 0.409. The van der Waals surface area contributed by atoms with Crippen LogP contribution in [0.25, 0.3) is 0 Å². The Hall–Kier alpha value is -1.93. The average molecular weight is 450 g/mol. The largest absolute Gasteiger partial charge is 0.355 e. The Balaban J connectivity index is 1.36. The molecule has 0 radical (unpaired) electrons. The zero-order valence-electron chi connectivity index (χ0n) is 17.0. The van der Waals surface area contributed by atoms with Gasteiger partial charge in [-0.1, -0.05) is 54.1 Å². The molecule has 1 aliphatic rings. The molecule has 0 spiro atoms. The van der Waals surface area contributed by atoms with Gasteiger partial charge in [0, 0.05) is 44.3 Å². The summed E-state index contributed by atoms with van der Waals surface area (Å²) in [6.07, 6.45) is 1.17. The van der Waals surface area contributed by atoms with Crippen molar-refractivity contribution < 1.29 is 13.2 Å². The summed E-state index contributed by atoms with van der Waals surface area (Å²) < 4.78 is 26.7. The van der Waals surface area contributed by atoms with E-state index >= 15 is 0 Å². The van der Waals surface area contributed by atoms with Crippen molar-refractivity contribution in [1.29, 1.82) is 0 Å². The lowest BCUT2D eigenvalue weighted by atomic mass is 10.1. The van der Waals surface area contributed by atoms with Gasteiger partial charge >= 0.3 is 0 Å². The molecule has 0 saturated carbocycles. The van der Waals surface area contributed by atoms with Crippen molar-refractivity contribution in [2.75, 3.05) is 45.0 Å². The second-order valence-corrected chi connectivity index (χ2v) is 9.97. The number of benzene rings is 2. The molecule has 0 aliphatic carbocycles. The van der Waals surface area contributed by atoms with Gasteiger partial charge in [-0.2, -0.15) is 4.31 Å². The minimum absolute atomic E-state index is 0.0800. The van der Waals surface area contributed by atoms with E-state index in [9.17, 15) is 13.2 Å². The number of hydrogen-bond donors (Lipinski definition) is 1. The summed E-state index contributed by atoms with van der Waals surface area (Å²) in [5, 5.41) is 3.32. The Morgan fingerprint density at radius 2 is 1.60 bits per heavy atom. The highest BCUT2D eigenvalue weighted by molar-refractivity contribution is 7.89. The van der Waals surface area contributed by atoms with E-state index in [-0.39, 0.29) is 24.6 Å². The van der Waals surface area contributed by atoms with Gasteiger partial charge in [0.1, 0.15) is 0 Å². The van der Waals surface area contributed by atoms with E-state index in [0.29, 0.717) is 18.1 Å². The van der Waals surface area contributed by atoms with Crippen LogP contribution in [0.4, 0.5) is 0 Å². The highest BCUT2D eigenvalue weighted by Gasteiger charge is 2.26. The van der Waals surface area contributed by atoms with Gasteiger partial charge in [0.2, 0.25) is 15.9 Å². The first kappa shape index (κ1) is 22.7. The van der Waals surface area contributed by atoms with Crippen molar-refractivity contribution in [3.05, 3.63) is 70.7 Å². The van der Waals surface area contributed by atoms with Gasteiger partial charge in [0.05, 0.1) is 12.2 Å². The molecule has 0 bridgehead atoms. The zero-order chi connectivity index (χ0) is 21.4. The Labute approximate surface area is 183 Å². The fourth-order valence-corrected chi connectivity index (χ4v) is 4.93. The monoisotopic (exact) mass is 449 g/mol. The highest BCUT2D eigenvalue weighted by Crippen LogP contribution is 2.11. The van der Waals surface area contributed by atoms with Crippen molar-refractivity contribution in [3.63, 3.8) is 0 Å². The molecule has 1 aliphatic heterocycles. The number of halogens is 1. The topological polar surface area (TPSA) is 69.7 Å². The molecule has 1 saturated heterocycles. The van der Waals surface area contributed by atoms with Gasteiger partial charge in [0.25, 0.3) is 0 Å². The smallest absolute Gasteiger partial charge is 0.224 e. The SMILES string of the molecule is O=C(Cc1ccc(Cl)cc1)NCCS(=O)(=O)N1CCN(CCc2ccccc2)CC1. The zero-order valence-corrected chi connectivity index (χ0v) is 18.5. The molecule has 2 aromatic rings. The van der Waals surface area contributed by atoms with Crippen LogP contribution < -0.4 is 5.32 Å². The van der Waals surface area contributed by atoms with Gasteiger partial charge in [0.15, 0.2) is 0 Å². The number of nitrogens with zero attached hydrogens (tertiary/aromatic N) is 2. The minimum atomic E-state index is -3.37. The Kier molecular flexibility index (Phi) is 8.27. The first-order valence-electron chi connectivity index (χ1n) is 10.2. The number of nitrogens with one attached hydrogen (secondary N) is 1. The molecule has 162 valence electrons. The normalized spacial score (nSPS) is 15.8. The second kappa shape index (κ2) is 10.9. The first-order valence-corrected chi connectivity index (χ1v) is 12.2. The maximum Gasteiger partial charge on any atom is 0.224 e. The first-order chi connectivity index (χ1) is 14.4. The maximum absolute atomic E-state index is 12.6. The molecule has 0 aromatic heterocycles. The third kappa shape index (κ3) is 7.09. The van der Waals surface area contributed by atoms with Crippen LogP contribution in [0.15, 0.2) is 54.6 Å². The number of amides is 1. The number of sulfonamides is 1. The average Bonchev–Trinajstić information content (AvgIpc) is 2.75. The van der Waals surface area contributed by atoms with Crippen LogP contribution >= 0.6 is 11.6 Å². The molecular weight excluding hydrogens is 422 g/mol. The predicted octanol–water partition coefficient (Wildman–Crippen LogP) is 2.19. The van der Waals surface area contributed by atoms with E-state index in [2.05, 4.69) is 22.3 Å². The molecule has 30 heavy (non-hydrogen) atoms. The quantitative estimate of drug-likeness (QED) is 0.637. The molecule has 8 heteroatoms. The van der Waals surface area contributed by atoms with E-state index in [4.69, 9.17) is 11.6 Å². The third-order valence-corrected chi connectivity index (χ3v) is 7.37. The summed E-state index contributed by atoms with van der Waals surface area (Å²) in [7, 11) is -3.37. The fourth-order valence-electron chi connectivity index (χ4n) is 3.46. The maximum atomic E-state index is 12.6. The van der Waals surface area contributed by atoms with Gasteiger partial charge in [-0.15, -0.1) is 0 Å². The van der Waals surface area contributed by atoms with Crippen molar-refractivity contribution in [2.45, 2.75) is 12.8 Å². The Morgan fingerprint density at radius 3 is 2.27 bits per heavy atom. The molecule has 0 unspecified atom stereocenters. The van der Waals surface area contributed by atoms with E-state index in [0.717, 1.165) is 31.6 Å². The lowest BCUT2D eigenvalue weighted by molar-refractivity contribution is -0.120. The van der Waals surface area contributed by atoms with Crippen molar-refractivity contribution in [1.82, 2.24) is 14.5 Å². The number of carbonyl (C=O) groups is 1. The number of hydrogen-bond acceptors (Lipinski definition) is 4. The summed E-state index contributed by atoms with van der Waals surface area (Å²) in [5.74, 6) is -0.276. The molecule has 3 rings (SSSR count). The van der Waals surface area contributed by atoms with Crippen LogP contribution in [0.2, 0.25) is 5.02 Å². The second-order valence-electron chi connectivity index (χ2n) is 7.45. The van der Waals surface area contributed by atoms with Gasteiger partial charge in [-0.05, 0) is 29.7 Å². The van der Waals surface area contributed by atoms with Crippen LogP contribution in [0.5, 0.6) is 0 Å². The Morgan fingerprint density at radius 1 is 0.933 bits per heavy atom. The lowest BCUT2D eigenvalue weighted by Crippen LogP contribution is -2.50. The molecule has 0 atom stereocenters. The van der Waals surface area contributed by atoms with E-state index in [1.54, 1.807) is 24.3 Å².